The van der Waals surface area contributed by atoms with E-state index < -0.39 is 0 Å². The van der Waals surface area contributed by atoms with Crippen molar-refractivity contribution in [2.75, 3.05) is 19.8 Å². The van der Waals surface area contributed by atoms with Crippen molar-refractivity contribution < 1.29 is 14.3 Å². The van der Waals surface area contributed by atoms with Gasteiger partial charge in [0.25, 0.3) is 0 Å². The molecule has 1 aliphatic rings. The highest BCUT2D eigenvalue weighted by molar-refractivity contribution is 5.69. The Kier molecular flexibility index (Phi) is 4.54. The summed E-state index contributed by atoms with van der Waals surface area (Å²) in [7, 11) is 0. The molecule has 0 amide bonds. The Morgan fingerprint density at radius 2 is 2.33 bits per heavy atom. The molecule has 0 saturated carbocycles. The van der Waals surface area contributed by atoms with Gasteiger partial charge in [-0.25, -0.2) is 0 Å². The third-order valence-electron chi connectivity index (χ3n) is 2.48. The van der Waals surface area contributed by atoms with Crippen molar-refractivity contribution in [3.05, 3.63) is 0 Å². The van der Waals surface area contributed by atoms with E-state index >= 15 is 0 Å². The van der Waals surface area contributed by atoms with Gasteiger partial charge in [0.15, 0.2) is 0 Å². The molecule has 4 heteroatoms. The van der Waals surface area contributed by atoms with Gasteiger partial charge >= 0.3 is 5.97 Å². The van der Waals surface area contributed by atoms with E-state index in [1.54, 1.807) is 0 Å². The summed E-state index contributed by atoms with van der Waals surface area (Å²) in [6, 6.07) is 0. The molecule has 1 rings (SSSR count). The van der Waals surface area contributed by atoms with Crippen LogP contribution in [0, 0.1) is 5.92 Å². The van der Waals surface area contributed by atoms with Crippen LogP contribution in [-0.2, 0) is 14.3 Å². The number of esters is 1. The third kappa shape index (κ3) is 5.74. The zero-order chi connectivity index (χ0) is 11.3. The van der Waals surface area contributed by atoms with Crippen LogP contribution in [0.1, 0.15) is 33.1 Å². The van der Waals surface area contributed by atoms with Crippen molar-refractivity contribution in [2.45, 2.75) is 38.6 Å². The third-order valence-corrected chi connectivity index (χ3v) is 2.48. The molecule has 0 radical (unpaired) electrons. The number of ether oxygens (including phenoxy) is 2. The highest BCUT2D eigenvalue weighted by Crippen LogP contribution is 2.13. The zero-order valence-corrected chi connectivity index (χ0v) is 9.62. The Morgan fingerprint density at radius 3 is 2.87 bits per heavy atom. The van der Waals surface area contributed by atoms with Crippen LogP contribution in [-0.4, -0.2) is 31.3 Å². The molecule has 1 saturated heterocycles. The summed E-state index contributed by atoms with van der Waals surface area (Å²) in [6.07, 6.45) is 2.06. The van der Waals surface area contributed by atoms with E-state index in [9.17, 15) is 4.79 Å². The average molecular weight is 215 g/mol. The molecule has 0 aromatic carbocycles. The lowest BCUT2D eigenvalue weighted by Gasteiger charge is -2.17. The van der Waals surface area contributed by atoms with Crippen LogP contribution < -0.4 is 5.73 Å². The van der Waals surface area contributed by atoms with Gasteiger partial charge in [0.2, 0.25) is 0 Å². The highest BCUT2D eigenvalue weighted by Gasteiger charge is 2.18. The minimum absolute atomic E-state index is 0.152. The Hall–Kier alpha value is -0.610. The summed E-state index contributed by atoms with van der Waals surface area (Å²) in [5, 5.41) is 0. The topological polar surface area (TPSA) is 61.6 Å². The van der Waals surface area contributed by atoms with E-state index in [1.165, 1.54) is 0 Å². The molecular formula is C11H21NO3. The first-order valence-electron chi connectivity index (χ1n) is 5.49. The lowest BCUT2D eigenvalue weighted by atomic mass is 10.0. The van der Waals surface area contributed by atoms with Crippen LogP contribution in [0.25, 0.3) is 0 Å². The molecule has 0 aromatic heterocycles. The van der Waals surface area contributed by atoms with Gasteiger partial charge in [-0.05, 0) is 26.7 Å². The largest absolute Gasteiger partial charge is 0.465 e. The van der Waals surface area contributed by atoms with Gasteiger partial charge in [0.05, 0.1) is 13.2 Å². The molecule has 1 fully saturated rings. The van der Waals surface area contributed by atoms with E-state index in [1.807, 2.05) is 13.8 Å². The molecular weight excluding hydrogens is 194 g/mol. The molecule has 0 aromatic rings. The minimum Gasteiger partial charge on any atom is -0.465 e. The molecule has 0 spiro atoms. The number of hydrogen-bond acceptors (Lipinski definition) is 4. The number of hydrogen-bond donors (Lipinski definition) is 1. The van der Waals surface area contributed by atoms with Crippen LogP contribution in [0.2, 0.25) is 0 Å². The molecule has 15 heavy (non-hydrogen) atoms. The second kappa shape index (κ2) is 5.47. The second-order valence-electron chi connectivity index (χ2n) is 4.90. The van der Waals surface area contributed by atoms with Gasteiger partial charge in [-0.1, -0.05) is 0 Å². The molecule has 88 valence electrons. The van der Waals surface area contributed by atoms with Crippen LogP contribution in [0.5, 0.6) is 0 Å². The molecule has 1 aliphatic heterocycles. The Bertz CT molecular complexity index is 204. The number of rotatable bonds is 5. The fourth-order valence-electron chi connectivity index (χ4n) is 1.42. The fraction of sp³-hybridized carbons (Fsp3) is 0.909. The van der Waals surface area contributed by atoms with E-state index in [-0.39, 0.29) is 11.5 Å². The summed E-state index contributed by atoms with van der Waals surface area (Å²) in [6.45, 7) is 5.81. The maximum atomic E-state index is 11.3. The molecule has 2 N–H and O–H groups in total. The maximum Gasteiger partial charge on any atom is 0.305 e. The van der Waals surface area contributed by atoms with Crippen molar-refractivity contribution >= 4 is 5.97 Å². The highest BCUT2D eigenvalue weighted by atomic mass is 16.5. The normalized spacial score (nSPS) is 21.7. The van der Waals surface area contributed by atoms with Gasteiger partial charge in [0, 0.05) is 24.5 Å². The molecule has 1 heterocycles. The number of carbonyl (C=O) groups is 1. The maximum absolute atomic E-state index is 11.3. The van der Waals surface area contributed by atoms with Crippen LogP contribution >= 0.6 is 0 Å². The Balaban J connectivity index is 2.08. The van der Waals surface area contributed by atoms with E-state index in [4.69, 9.17) is 15.2 Å². The predicted molar refractivity (Wildman–Crippen MR) is 57.4 cm³/mol. The van der Waals surface area contributed by atoms with Gasteiger partial charge in [-0.3, -0.25) is 4.79 Å². The number of nitrogens with two attached hydrogens (primary N) is 1. The van der Waals surface area contributed by atoms with Crippen molar-refractivity contribution in [2.24, 2.45) is 11.7 Å². The molecule has 0 aliphatic carbocycles. The Labute approximate surface area is 91.1 Å². The van der Waals surface area contributed by atoms with E-state index in [2.05, 4.69) is 0 Å². The van der Waals surface area contributed by atoms with Crippen molar-refractivity contribution in [3.63, 3.8) is 0 Å². The first-order valence-corrected chi connectivity index (χ1v) is 5.49. The van der Waals surface area contributed by atoms with E-state index in [0.717, 1.165) is 19.6 Å². The molecule has 0 bridgehead atoms. The van der Waals surface area contributed by atoms with Gasteiger partial charge < -0.3 is 15.2 Å². The standard InChI is InChI=1S/C11H21NO3/c1-11(2,12)5-3-10(13)15-8-9-4-6-14-7-9/h9H,3-8,12H2,1-2H3. The van der Waals surface area contributed by atoms with Crippen LogP contribution in [0.15, 0.2) is 0 Å². The minimum atomic E-state index is -0.296. The fourth-order valence-corrected chi connectivity index (χ4v) is 1.42. The quantitative estimate of drug-likeness (QED) is 0.697. The van der Waals surface area contributed by atoms with Crippen molar-refractivity contribution in [1.82, 2.24) is 0 Å². The molecule has 1 atom stereocenters. The van der Waals surface area contributed by atoms with Gasteiger partial charge in [-0.2, -0.15) is 0 Å². The summed E-state index contributed by atoms with van der Waals surface area (Å²) in [4.78, 5) is 11.3. The van der Waals surface area contributed by atoms with Crippen LogP contribution in [0.3, 0.4) is 0 Å². The molecule has 1 unspecified atom stereocenters. The summed E-state index contributed by atoms with van der Waals surface area (Å²) in [5.74, 6) is 0.236. The summed E-state index contributed by atoms with van der Waals surface area (Å²) < 4.78 is 10.3. The Morgan fingerprint density at radius 1 is 1.60 bits per heavy atom. The first-order chi connectivity index (χ1) is 6.97. The zero-order valence-electron chi connectivity index (χ0n) is 9.62. The van der Waals surface area contributed by atoms with Crippen molar-refractivity contribution in [1.29, 1.82) is 0 Å². The van der Waals surface area contributed by atoms with Crippen LogP contribution in [0.4, 0.5) is 0 Å². The lowest BCUT2D eigenvalue weighted by Crippen LogP contribution is -2.32. The molecule has 4 nitrogen and oxygen atoms in total. The van der Waals surface area contributed by atoms with Gasteiger partial charge in [0.1, 0.15) is 0 Å². The van der Waals surface area contributed by atoms with E-state index in [0.29, 0.717) is 25.4 Å². The monoisotopic (exact) mass is 215 g/mol. The van der Waals surface area contributed by atoms with Gasteiger partial charge in [-0.15, -0.1) is 0 Å². The summed E-state index contributed by atoms with van der Waals surface area (Å²) in [5.41, 5.74) is 5.48. The first kappa shape index (κ1) is 12.5. The average Bonchev–Trinajstić information content (AvgIpc) is 2.62. The lowest BCUT2D eigenvalue weighted by molar-refractivity contribution is -0.145. The predicted octanol–water partition coefficient (Wildman–Crippen LogP) is 1.08. The van der Waals surface area contributed by atoms with Crippen molar-refractivity contribution in [3.8, 4) is 0 Å². The second-order valence-corrected chi connectivity index (χ2v) is 4.90. The smallest absolute Gasteiger partial charge is 0.305 e. The number of carbonyl (C=O) groups excluding carboxylic acids is 1. The SMILES string of the molecule is CC(C)(N)CCC(=O)OCC1CCOC1. The summed E-state index contributed by atoms with van der Waals surface area (Å²) >= 11 is 0.